The van der Waals surface area contributed by atoms with E-state index in [1.807, 2.05) is 35.0 Å². The number of nitrogen functional groups attached to an aromatic ring is 1. The van der Waals surface area contributed by atoms with Crippen LogP contribution in [0.15, 0.2) is 49.1 Å². The van der Waals surface area contributed by atoms with Crippen molar-refractivity contribution in [3.8, 4) is 0 Å². The Morgan fingerprint density at radius 1 is 1.38 bits per heavy atom. The number of nitrogens with one attached hydrogen (secondary N) is 1. The molecular formula is C16H20N4O. The van der Waals surface area contributed by atoms with E-state index in [4.69, 9.17) is 5.73 Å². The first-order chi connectivity index (χ1) is 10.2. The zero-order valence-corrected chi connectivity index (χ0v) is 11.9. The maximum absolute atomic E-state index is 11.6. The number of rotatable bonds is 7. The van der Waals surface area contributed by atoms with Gasteiger partial charge in [-0.05, 0) is 36.6 Å². The van der Waals surface area contributed by atoms with Crippen LogP contribution in [-0.4, -0.2) is 22.0 Å². The molecule has 0 radical (unpaired) electrons. The lowest BCUT2D eigenvalue weighted by molar-refractivity contribution is -0.116. The number of hydrogen-bond donors (Lipinski definition) is 2. The molecule has 0 bridgehead atoms. The molecule has 0 saturated heterocycles. The van der Waals surface area contributed by atoms with Gasteiger partial charge in [0.1, 0.15) is 0 Å². The molecule has 0 aliphatic rings. The molecule has 2 rings (SSSR count). The lowest BCUT2D eigenvalue weighted by Crippen LogP contribution is -2.22. The standard InChI is InChI=1S/C16H20N4O/c17-15-5-3-4-14(12-15)6-7-16(21)19-8-1-2-10-20-11-9-18-13-20/h3-7,9,11-13H,1-2,8,10,17H2,(H,19,21)/b7-6+. The maximum Gasteiger partial charge on any atom is 0.243 e. The summed E-state index contributed by atoms with van der Waals surface area (Å²) in [5.41, 5.74) is 7.29. The largest absolute Gasteiger partial charge is 0.399 e. The van der Waals surface area contributed by atoms with Gasteiger partial charge in [0.15, 0.2) is 0 Å². The number of imidazole rings is 1. The van der Waals surface area contributed by atoms with Crippen molar-refractivity contribution in [3.63, 3.8) is 0 Å². The summed E-state index contributed by atoms with van der Waals surface area (Å²) in [6.07, 6.45) is 10.7. The van der Waals surface area contributed by atoms with Gasteiger partial charge in [-0.2, -0.15) is 0 Å². The molecule has 0 spiro atoms. The van der Waals surface area contributed by atoms with Gasteiger partial charge in [-0.1, -0.05) is 12.1 Å². The molecule has 0 fully saturated rings. The van der Waals surface area contributed by atoms with Crippen LogP contribution in [0.1, 0.15) is 18.4 Å². The number of amides is 1. The maximum atomic E-state index is 11.6. The van der Waals surface area contributed by atoms with E-state index in [-0.39, 0.29) is 5.91 Å². The van der Waals surface area contributed by atoms with Crippen molar-refractivity contribution in [2.75, 3.05) is 12.3 Å². The van der Waals surface area contributed by atoms with Gasteiger partial charge >= 0.3 is 0 Å². The van der Waals surface area contributed by atoms with Gasteiger partial charge in [0.2, 0.25) is 5.91 Å². The summed E-state index contributed by atoms with van der Waals surface area (Å²) in [4.78, 5) is 15.6. The van der Waals surface area contributed by atoms with E-state index in [0.717, 1.165) is 24.9 Å². The van der Waals surface area contributed by atoms with Crippen molar-refractivity contribution in [2.45, 2.75) is 19.4 Å². The molecule has 1 aromatic carbocycles. The molecule has 0 saturated carbocycles. The lowest BCUT2D eigenvalue weighted by atomic mass is 10.2. The molecule has 3 N–H and O–H groups in total. The summed E-state index contributed by atoms with van der Waals surface area (Å²) < 4.78 is 2.03. The van der Waals surface area contributed by atoms with Crippen LogP contribution >= 0.6 is 0 Å². The highest BCUT2D eigenvalue weighted by atomic mass is 16.1. The fourth-order valence-corrected chi connectivity index (χ4v) is 1.94. The van der Waals surface area contributed by atoms with E-state index in [9.17, 15) is 4.79 Å². The van der Waals surface area contributed by atoms with E-state index >= 15 is 0 Å². The van der Waals surface area contributed by atoms with Crippen LogP contribution in [0, 0.1) is 0 Å². The quantitative estimate of drug-likeness (QED) is 0.464. The smallest absolute Gasteiger partial charge is 0.243 e. The number of carbonyl (C=O) groups is 1. The Labute approximate surface area is 124 Å². The number of aromatic nitrogens is 2. The minimum Gasteiger partial charge on any atom is -0.399 e. The Kier molecular flexibility index (Phi) is 5.58. The van der Waals surface area contributed by atoms with Crippen molar-refractivity contribution in [2.24, 2.45) is 0 Å². The number of nitrogens with two attached hydrogens (primary N) is 1. The summed E-state index contributed by atoms with van der Waals surface area (Å²) in [6, 6.07) is 7.42. The van der Waals surface area contributed by atoms with Crippen LogP contribution in [0.3, 0.4) is 0 Å². The van der Waals surface area contributed by atoms with E-state index in [2.05, 4.69) is 10.3 Å². The molecule has 110 valence electrons. The summed E-state index contributed by atoms with van der Waals surface area (Å²) in [7, 11) is 0. The van der Waals surface area contributed by atoms with E-state index < -0.39 is 0 Å². The van der Waals surface area contributed by atoms with E-state index in [0.29, 0.717) is 12.2 Å². The summed E-state index contributed by atoms with van der Waals surface area (Å²) in [5.74, 6) is -0.0833. The molecule has 5 nitrogen and oxygen atoms in total. The third kappa shape index (κ3) is 5.52. The summed E-state index contributed by atoms with van der Waals surface area (Å²) >= 11 is 0. The van der Waals surface area contributed by atoms with Gasteiger partial charge in [0.05, 0.1) is 6.33 Å². The minimum atomic E-state index is -0.0833. The number of benzene rings is 1. The van der Waals surface area contributed by atoms with Gasteiger partial charge in [0, 0.05) is 37.2 Å². The van der Waals surface area contributed by atoms with E-state index in [1.54, 1.807) is 18.6 Å². The second kappa shape index (κ2) is 7.89. The van der Waals surface area contributed by atoms with Crippen molar-refractivity contribution in [1.82, 2.24) is 14.9 Å². The van der Waals surface area contributed by atoms with Gasteiger partial charge in [-0.15, -0.1) is 0 Å². The van der Waals surface area contributed by atoms with Gasteiger partial charge in [0.25, 0.3) is 0 Å². The van der Waals surface area contributed by atoms with Crippen molar-refractivity contribution >= 4 is 17.7 Å². The third-order valence-corrected chi connectivity index (χ3v) is 3.04. The number of anilines is 1. The molecule has 1 amide bonds. The number of unbranched alkanes of at least 4 members (excludes halogenated alkanes) is 1. The van der Waals surface area contributed by atoms with E-state index in [1.165, 1.54) is 6.08 Å². The average Bonchev–Trinajstić information content (AvgIpc) is 2.98. The Hall–Kier alpha value is -2.56. The van der Waals surface area contributed by atoms with Crippen LogP contribution in [0.4, 0.5) is 5.69 Å². The van der Waals surface area contributed by atoms with Gasteiger partial charge in [-0.3, -0.25) is 4.79 Å². The monoisotopic (exact) mass is 284 g/mol. The fraction of sp³-hybridized carbons (Fsp3) is 0.250. The predicted molar refractivity (Wildman–Crippen MR) is 84.4 cm³/mol. The van der Waals surface area contributed by atoms with Crippen molar-refractivity contribution in [1.29, 1.82) is 0 Å². The highest BCUT2D eigenvalue weighted by Gasteiger charge is 1.96. The zero-order valence-electron chi connectivity index (χ0n) is 11.9. The van der Waals surface area contributed by atoms with Crippen LogP contribution in [0.25, 0.3) is 6.08 Å². The average molecular weight is 284 g/mol. The molecular weight excluding hydrogens is 264 g/mol. The molecule has 2 aromatic rings. The summed E-state index contributed by atoms with van der Waals surface area (Å²) in [5, 5.41) is 2.87. The minimum absolute atomic E-state index is 0.0833. The molecule has 0 aliphatic carbocycles. The molecule has 21 heavy (non-hydrogen) atoms. The Balaban J connectivity index is 1.63. The first kappa shape index (κ1) is 14.8. The highest BCUT2D eigenvalue weighted by Crippen LogP contribution is 2.07. The van der Waals surface area contributed by atoms with Crippen LogP contribution in [0.5, 0.6) is 0 Å². The molecule has 1 aromatic heterocycles. The Morgan fingerprint density at radius 3 is 3.05 bits per heavy atom. The number of aryl methyl sites for hydroxylation is 1. The molecule has 0 atom stereocenters. The Bertz CT molecular complexity index is 590. The van der Waals surface area contributed by atoms with Crippen LogP contribution < -0.4 is 11.1 Å². The number of carbonyl (C=O) groups excluding carboxylic acids is 1. The molecule has 0 aliphatic heterocycles. The predicted octanol–water partition coefficient (Wildman–Crippen LogP) is 2.08. The zero-order chi connectivity index (χ0) is 14.9. The third-order valence-electron chi connectivity index (χ3n) is 3.04. The second-order valence-electron chi connectivity index (χ2n) is 4.80. The highest BCUT2D eigenvalue weighted by molar-refractivity contribution is 5.91. The van der Waals surface area contributed by atoms with Gasteiger partial charge < -0.3 is 15.6 Å². The van der Waals surface area contributed by atoms with Crippen LogP contribution in [-0.2, 0) is 11.3 Å². The van der Waals surface area contributed by atoms with Crippen molar-refractivity contribution in [3.05, 3.63) is 54.6 Å². The number of nitrogens with zero attached hydrogens (tertiary/aromatic N) is 2. The lowest BCUT2D eigenvalue weighted by Gasteiger charge is -2.03. The van der Waals surface area contributed by atoms with Crippen molar-refractivity contribution < 1.29 is 4.79 Å². The second-order valence-corrected chi connectivity index (χ2v) is 4.80. The molecule has 5 heteroatoms. The van der Waals surface area contributed by atoms with Crippen LogP contribution in [0.2, 0.25) is 0 Å². The SMILES string of the molecule is Nc1cccc(/C=C/C(=O)NCCCCn2ccnc2)c1. The Morgan fingerprint density at radius 2 is 2.29 bits per heavy atom. The first-order valence-corrected chi connectivity index (χ1v) is 7.01. The molecule has 1 heterocycles. The number of hydrogen-bond acceptors (Lipinski definition) is 3. The first-order valence-electron chi connectivity index (χ1n) is 7.01. The fourth-order valence-electron chi connectivity index (χ4n) is 1.94. The summed E-state index contributed by atoms with van der Waals surface area (Å²) in [6.45, 7) is 1.60. The topological polar surface area (TPSA) is 72.9 Å². The molecule has 0 unspecified atom stereocenters. The van der Waals surface area contributed by atoms with Gasteiger partial charge in [-0.25, -0.2) is 4.98 Å². The normalized spacial score (nSPS) is 10.9.